The summed E-state index contributed by atoms with van der Waals surface area (Å²) < 4.78 is 12.1. The van der Waals surface area contributed by atoms with Gasteiger partial charge in [-0.2, -0.15) is 0 Å². The van der Waals surface area contributed by atoms with Crippen LogP contribution in [0.25, 0.3) is 0 Å². The molecule has 1 aliphatic heterocycles. The van der Waals surface area contributed by atoms with Crippen LogP contribution in [0.15, 0.2) is 16.6 Å². The molecule has 1 fully saturated rings. The van der Waals surface area contributed by atoms with E-state index in [9.17, 15) is 0 Å². The van der Waals surface area contributed by atoms with E-state index in [2.05, 4.69) is 27.3 Å². The van der Waals surface area contributed by atoms with Crippen LogP contribution in [0.1, 0.15) is 31.2 Å². The molecule has 0 amide bonds. The number of hydrogen-bond acceptors (Lipinski definition) is 3. The summed E-state index contributed by atoms with van der Waals surface area (Å²) >= 11 is 3.56. The van der Waals surface area contributed by atoms with Gasteiger partial charge in [-0.15, -0.1) is 0 Å². The van der Waals surface area contributed by atoms with Crippen molar-refractivity contribution in [3.63, 3.8) is 0 Å². The van der Waals surface area contributed by atoms with Crippen LogP contribution in [0.4, 0.5) is 0 Å². The molecule has 1 heterocycles. The van der Waals surface area contributed by atoms with E-state index in [1.54, 1.807) is 7.11 Å². The van der Waals surface area contributed by atoms with Gasteiger partial charge in [0.1, 0.15) is 11.5 Å². The first-order valence-electron chi connectivity index (χ1n) is 6.47. The van der Waals surface area contributed by atoms with Crippen molar-refractivity contribution in [3.8, 4) is 11.5 Å². The van der Waals surface area contributed by atoms with Crippen molar-refractivity contribution in [1.82, 2.24) is 5.32 Å². The maximum Gasteiger partial charge on any atom is 0.136 e. The van der Waals surface area contributed by atoms with Crippen molar-refractivity contribution in [3.05, 3.63) is 22.2 Å². The third-order valence-electron chi connectivity index (χ3n) is 3.36. The van der Waals surface area contributed by atoms with Gasteiger partial charge in [0, 0.05) is 6.07 Å². The number of piperidine rings is 1. The van der Waals surface area contributed by atoms with E-state index in [0.29, 0.717) is 12.5 Å². The summed E-state index contributed by atoms with van der Waals surface area (Å²) in [5, 5.41) is 3.40. The van der Waals surface area contributed by atoms with Crippen molar-refractivity contribution in [2.75, 3.05) is 26.8 Å². The predicted octanol–water partition coefficient (Wildman–Crippen LogP) is 3.32. The van der Waals surface area contributed by atoms with Crippen molar-refractivity contribution < 1.29 is 9.47 Å². The Morgan fingerprint density at radius 2 is 2.00 bits per heavy atom. The van der Waals surface area contributed by atoms with Gasteiger partial charge in [-0.05, 0) is 66.3 Å². The average Bonchev–Trinajstić information content (AvgIpc) is 2.41. The van der Waals surface area contributed by atoms with E-state index in [4.69, 9.17) is 9.47 Å². The normalized spacial score (nSPS) is 16.6. The van der Waals surface area contributed by atoms with E-state index >= 15 is 0 Å². The zero-order chi connectivity index (χ0) is 13.0. The summed E-state index contributed by atoms with van der Waals surface area (Å²) in [6, 6.07) is 4.14. The Labute approximate surface area is 117 Å². The van der Waals surface area contributed by atoms with Crippen LogP contribution in [0.2, 0.25) is 0 Å². The summed E-state index contributed by atoms with van der Waals surface area (Å²) in [6.45, 7) is 4.86. The van der Waals surface area contributed by atoms with Gasteiger partial charge in [0.05, 0.1) is 18.2 Å². The van der Waals surface area contributed by atoms with Gasteiger partial charge in [-0.25, -0.2) is 0 Å². The number of ether oxygens (including phenoxy) is 2. The fourth-order valence-corrected chi connectivity index (χ4v) is 2.96. The fourth-order valence-electron chi connectivity index (χ4n) is 2.44. The van der Waals surface area contributed by atoms with E-state index in [0.717, 1.165) is 29.1 Å². The molecule has 1 aromatic rings. The molecular formula is C14H20BrNO2. The van der Waals surface area contributed by atoms with Gasteiger partial charge < -0.3 is 14.8 Å². The minimum Gasteiger partial charge on any atom is -0.495 e. The highest BCUT2D eigenvalue weighted by atomic mass is 79.9. The van der Waals surface area contributed by atoms with Crippen molar-refractivity contribution in [2.24, 2.45) is 0 Å². The van der Waals surface area contributed by atoms with Crippen molar-refractivity contribution in [2.45, 2.75) is 25.7 Å². The molecule has 0 atom stereocenters. The van der Waals surface area contributed by atoms with E-state index in [1.807, 2.05) is 13.0 Å². The van der Waals surface area contributed by atoms with Gasteiger partial charge in [0.15, 0.2) is 0 Å². The molecule has 2 rings (SSSR count). The summed E-state index contributed by atoms with van der Waals surface area (Å²) in [4.78, 5) is 0. The SMILES string of the molecule is CCOc1cc(OC)c(Br)cc1C1CCNCC1. The minimum absolute atomic E-state index is 0.579. The standard InChI is InChI=1S/C14H20BrNO2/c1-3-18-13-9-14(17-2)12(15)8-11(13)10-4-6-16-7-5-10/h8-10,16H,3-7H2,1-2H3. The van der Waals surface area contributed by atoms with Crippen molar-refractivity contribution >= 4 is 15.9 Å². The summed E-state index contributed by atoms with van der Waals surface area (Å²) in [7, 11) is 1.68. The number of nitrogens with one attached hydrogen (secondary N) is 1. The molecule has 0 spiro atoms. The maximum atomic E-state index is 5.77. The number of benzene rings is 1. The van der Waals surface area contributed by atoms with Crippen LogP contribution < -0.4 is 14.8 Å². The number of rotatable bonds is 4. The summed E-state index contributed by atoms with van der Waals surface area (Å²) in [5.74, 6) is 2.37. The molecule has 18 heavy (non-hydrogen) atoms. The summed E-state index contributed by atoms with van der Waals surface area (Å²) in [6.07, 6.45) is 2.33. The molecule has 1 saturated heterocycles. The van der Waals surface area contributed by atoms with Gasteiger partial charge >= 0.3 is 0 Å². The largest absolute Gasteiger partial charge is 0.495 e. The molecule has 1 aromatic carbocycles. The lowest BCUT2D eigenvalue weighted by Crippen LogP contribution is -2.26. The Bertz CT molecular complexity index is 403. The zero-order valence-electron chi connectivity index (χ0n) is 11.0. The molecule has 100 valence electrons. The molecule has 0 radical (unpaired) electrons. The molecule has 4 heteroatoms. The Morgan fingerprint density at radius 3 is 2.61 bits per heavy atom. The lowest BCUT2D eigenvalue weighted by atomic mass is 9.89. The first kappa shape index (κ1) is 13.7. The molecule has 1 aliphatic rings. The first-order chi connectivity index (χ1) is 8.76. The van der Waals surface area contributed by atoms with Gasteiger partial charge in [-0.3, -0.25) is 0 Å². The van der Waals surface area contributed by atoms with Gasteiger partial charge in [0.25, 0.3) is 0 Å². The Morgan fingerprint density at radius 1 is 1.28 bits per heavy atom. The second-order valence-electron chi connectivity index (χ2n) is 4.48. The fraction of sp³-hybridized carbons (Fsp3) is 0.571. The first-order valence-corrected chi connectivity index (χ1v) is 7.26. The lowest BCUT2D eigenvalue weighted by molar-refractivity contribution is 0.325. The van der Waals surface area contributed by atoms with E-state index < -0.39 is 0 Å². The van der Waals surface area contributed by atoms with Gasteiger partial charge in [-0.1, -0.05) is 0 Å². The molecule has 0 saturated carbocycles. The van der Waals surface area contributed by atoms with E-state index in [1.165, 1.54) is 18.4 Å². The summed E-state index contributed by atoms with van der Waals surface area (Å²) in [5.41, 5.74) is 1.30. The third kappa shape index (κ3) is 2.98. The molecule has 0 aromatic heterocycles. The van der Waals surface area contributed by atoms with E-state index in [-0.39, 0.29) is 0 Å². The van der Waals surface area contributed by atoms with Crippen LogP contribution >= 0.6 is 15.9 Å². The predicted molar refractivity (Wildman–Crippen MR) is 76.7 cm³/mol. The molecule has 0 bridgehead atoms. The second-order valence-corrected chi connectivity index (χ2v) is 5.34. The molecular weight excluding hydrogens is 294 g/mol. The zero-order valence-corrected chi connectivity index (χ0v) is 12.5. The smallest absolute Gasteiger partial charge is 0.136 e. The number of halogens is 1. The average molecular weight is 314 g/mol. The van der Waals surface area contributed by atoms with Crippen molar-refractivity contribution in [1.29, 1.82) is 0 Å². The molecule has 1 N–H and O–H groups in total. The topological polar surface area (TPSA) is 30.5 Å². The van der Waals surface area contributed by atoms with Crippen LogP contribution in [-0.2, 0) is 0 Å². The Kier molecular flexibility index (Phi) is 4.89. The molecule has 0 unspecified atom stereocenters. The molecule has 3 nitrogen and oxygen atoms in total. The van der Waals surface area contributed by atoms with Crippen LogP contribution in [0.5, 0.6) is 11.5 Å². The monoisotopic (exact) mass is 313 g/mol. The number of methoxy groups -OCH3 is 1. The molecule has 0 aliphatic carbocycles. The third-order valence-corrected chi connectivity index (χ3v) is 3.98. The second kappa shape index (κ2) is 6.43. The van der Waals surface area contributed by atoms with Crippen LogP contribution in [-0.4, -0.2) is 26.8 Å². The highest BCUT2D eigenvalue weighted by Gasteiger charge is 2.21. The lowest BCUT2D eigenvalue weighted by Gasteiger charge is -2.25. The highest BCUT2D eigenvalue weighted by Crippen LogP contribution is 2.39. The minimum atomic E-state index is 0.579. The number of hydrogen-bond donors (Lipinski definition) is 1. The Hall–Kier alpha value is -0.740. The highest BCUT2D eigenvalue weighted by molar-refractivity contribution is 9.10. The van der Waals surface area contributed by atoms with Crippen LogP contribution in [0, 0.1) is 0 Å². The van der Waals surface area contributed by atoms with Crippen LogP contribution in [0.3, 0.4) is 0 Å². The van der Waals surface area contributed by atoms with Gasteiger partial charge in [0.2, 0.25) is 0 Å². The quantitative estimate of drug-likeness (QED) is 0.925. The maximum absolute atomic E-state index is 5.77. The Balaban J connectivity index is 2.33.